The van der Waals surface area contributed by atoms with Gasteiger partial charge in [0.25, 0.3) is 5.91 Å². The van der Waals surface area contributed by atoms with E-state index < -0.39 is 0 Å². The summed E-state index contributed by atoms with van der Waals surface area (Å²) >= 11 is 0. The predicted octanol–water partition coefficient (Wildman–Crippen LogP) is 5.76. The Morgan fingerprint density at radius 1 is 0.914 bits per heavy atom. The lowest BCUT2D eigenvalue weighted by Gasteiger charge is -2.37. The Balaban J connectivity index is 1.39. The van der Waals surface area contributed by atoms with E-state index in [2.05, 4.69) is 35.0 Å². The SMILES string of the molecule is CC[C@H](C(=O)NC1CCN(c2ccccc2C(=O)N(CC)C2CCCCC2)CC1)c1ccccc1. The molecule has 1 atom stereocenters. The maximum atomic E-state index is 13.6. The minimum Gasteiger partial charge on any atom is -0.371 e. The van der Waals surface area contributed by atoms with E-state index in [0.717, 1.165) is 68.6 Å². The average molecular weight is 476 g/mol. The highest BCUT2D eigenvalue weighted by Crippen LogP contribution is 2.29. The first kappa shape index (κ1) is 25.3. The molecule has 2 aromatic rings. The van der Waals surface area contributed by atoms with Crippen LogP contribution in [0, 0.1) is 0 Å². The molecule has 4 rings (SSSR count). The van der Waals surface area contributed by atoms with Crippen LogP contribution >= 0.6 is 0 Å². The van der Waals surface area contributed by atoms with Crippen molar-refractivity contribution in [2.24, 2.45) is 0 Å². The number of anilines is 1. The molecule has 1 aliphatic carbocycles. The van der Waals surface area contributed by atoms with Gasteiger partial charge < -0.3 is 15.1 Å². The molecule has 5 nitrogen and oxygen atoms in total. The number of benzene rings is 2. The van der Waals surface area contributed by atoms with Crippen molar-refractivity contribution >= 4 is 17.5 Å². The molecule has 0 spiro atoms. The van der Waals surface area contributed by atoms with Gasteiger partial charge in [-0.05, 0) is 56.7 Å². The van der Waals surface area contributed by atoms with Crippen LogP contribution in [0.1, 0.15) is 87.1 Å². The zero-order valence-corrected chi connectivity index (χ0v) is 21.4. The van der Waals surface area contributed by atoms with Crippen LogP contribution in [-0.2, 0) is 4.79 Å². The van der Waals surface area contributed by atoms with Crippen LogP contribution in [0.5, 0.6) is 0 Å². The number of hydrogen-bond donors (Lipinski definition) is 1. The third-order valence-electron chi connectivity index (χ3n) is 7.86. The van der Waals surface area contributed by atoms with Crippen molar-refractivity contribution in [2.75, 3.05) is 24.5 Å². The van der Waals surface area contributed by atoms with Gasteiger partial charge in [0.15, 0.2) is 0 Å². The Hall–Kier alpha value is -2.82. The van der Waals surface area contributed by atoms with Crippen LogP contribution in [0.25, 0.3) is 0 Å². The lowest BCUT2D eigenvalue weighted by Crippen LogP contribution is -2.47. The zero-order valence-electron chi connectivity index (χ0n) is 21.4. The van der Waals surface area contributed by atoms with Crippen molar-refractivity contribution < 1.29 is 9.59 Å². The third-order valence-corrected chi connectivity index (χ3v) is 7.86. The summed E-state index contributed by atoms with van der Waals surface area (Å²) in [7, 11) is 0. The topological polar surface area (TPSA) is 52.7 Å². The monoisotopic (exact) mass is 475 g/mol. The minimum atomic E-state index is -0.104. The summed E-state index contributed by atoms with van der Waals surface area (Å²) in [5.41, 5.74) is 2.93. The van der Waals surface area contributed by atoms with E-state index in [1.54, 1.807) is 0 Å². The van der Waals surface area contributed by atoms with Crippen LogP contribution in [0.2, 0.25) is 0 Å². The second kappa shape index (κ2) is 12.2. The quantitative estimate of drug-likeness (QED) is 0.528. The van der Waals surface area contributed by atoms with Gasteiger partial charge in [-0.2, -0.15) is 0 Å². The second-order valence-corrected chi connectivity index (χ2v) is 10.0. The first-order valence-electron chi connectivity index (χ1n) is 13.6. The Labute approximate surface area is 210 Å². The highest BCUT2D eigenvalue weighted by molar-refractivity contribution is 6.00. The number of nitrogens with zero attached hydrogens (tertiary/aromatic N) is 2. The molecule has 2 aromatic carbocycles. The zero-order chi connectivity index (χ0) is 24.6. The van der Waals surface area contributed by atoms with E-state index in [-0.39, 0.29) is 23.8 Å². The molecule has 188 valence electrons. The van der Waals surface area contributed by atoms with Crippen LogP contribution in [0.4, 0.5) is 5.69 Å². The highest BCUT2D eigenvalue weighted by Gasteiger charge is 2.29. The Morgan fingerprint density at radius 3 is 2.23 bits per heavy atom. The van der Waals surface area contributed by atoms with Gasteiger partial charge >= 0.3 is 0 Å². The fraction of sp³-hybridized carbons (Fsp3) is 0.533. The third kappa shape index (κ3) is 6.06. The summed E-state index contributed by atoms with van der Waals surface area (Å²) in [6.45, 7) is 6.61. The number of carbonyl (C=O) groups excluding carboxylic acids is 2. The lowest BCUT2D eigenvalue weighted by molar-refractivity contribution is -0.123. The maximum absolute atomic E-state index is 13.6. The first-order valence-corrected chi connectivity index (χ1v) is 13.6. The van der Waals surface area contributed by atoms with E-state index in [1.807, 2.05) is 48.5 Å². The fourth-order valence-electron chi connectivity index (χ4n) is 5.87. The molecule has 1 heterocycles. The van der Waals surface area contributed by atoms with Crippen LogP contribution in [0.15, 0.2) is 54.6 Å². The number of amides is 2. The van der Waals surface area contributed by atoms with Crippen molar-refractivity contribution in [3.05, 3.63) is 65.7 Å². The van der Waals surface area contributed by atoms with E-state index in [4.69, 9.17) is 0 Å². The standard InChI is InChI=1S/C30H41N3O2/c1-3-26(23-13-7-5-8-14-23)29(34)31-24-19-21-32(22-20-24)28-18-12-11-17-27(28)30(35)33(4-2)25-15-9-6-10-16-25/h5,7-8,11-14,17-18,24-26H,3-4,6,9-10,15-16,19-22H2,1-2H3,(H,31,34)/t26-/m0/s1. The Bertz CT molecular complexity index is 963. The Kier molecular flexibility index (Phi) is 8.84. The number of carbonyl (C=O) groups is 2. The van der Waals surface area contributed by atoms with E-state index >= 15 is 0 Å². The number of para-hydroxylation sites is 1. The summed E-state index contributed by atoms with van der Waals surface area (Å²) in [6, 6.07) is 18.7. The lowest BCUT2D eigenvalue weighted by atomic mass is 9.93. The summed E-state index contributed by atoms with van der Waals surface area (Å²) in [5, 5.41) is 3.31. The molecule has 1 saturated carbocycles. The van der Waals surface area contributed by atoms with Crippen molar-refractivity contribution in [2.45, 2.75) is 83.2 Å². The molecule has 0 bridgehead atoms. The number of nitrogens with one attached hydrogen (secondary N) is 1. The van der Waals surface area contributed by atoms with Gasteiger partial charge in [0.1, 0.15) is 0 Å². The molecular formula is C30H41N3O2. The van der Waals surface area contributed by atoms with Gasteiger partial charge in [0.05, 0.1) is 11.5 Å². The van der Waals surface area contributed by atoms with Crippen molar-refractivity contribution in [1.29, 1.82) is 0 Å². The molecule has 1 aliphatic heterocycles. The molecule has 0 unspecified atom stereocenters. The molecular weight excluding hydrogens is 434 g/mol. The molecule has 0 aromatic heterocycles. The van der Waals surface area contributed by atoms with Crippen molar-refractivity contribution in [3.63, 3.8) is 0 Å². The second-order valence-electron chi connectivity index (χ2n) is 10.0. The number of hydrogen-bond acceptors (Lipinski definition) is 3. The van der Waals surface area contributed by atoms with Gasteiger partial charge in [-0.3, -0.25) is 9.59 Å². The number of rotatable bonds is 8. The van der Waals surface area contributed by atoms with E-state index in [9.17, 15) is 9.59 Å². The van der Waals surface area contributed by atoms with Gasteiger partial charge in [0.2, 0.25) is 5.91 Å². The molecule has 35 heavy (non-hydrogen) atoms. The summed E-state index contributed by atoms with van der Waals surface area (Å²) in [4.78, 5) is 31.1. The molecule has 1 N–H and O–H groups in total. The van der Waals surface area contributed by atoms with Gasteiger partial charge in [-0.25, -0.2) is 0 Å². The molecule has 2 fully saturated rings. The van der Waals surface area contributed by atoms with E-state index in [1.165, 1.54) is 19.3 Å². The molecule has 0 radical (unpaired) electrons. The normalized spacial score (nSPS) is 18.2. The van der Waals surface area contributed by atoms with Crippen molar-refractivity contribution in [3.8, 4) is 0 Å². The maximum Gasteiger partial charge on any atom is 0.256 e. The smallest absolute Gasteiger partial charge is 0.256 e. The molecule has 2 amide bonds. The minimum absolute atomic E-state index is 0.104. The molecule has 5 heteroatoms. The van der Waals surface area contributed by atoms with Crippen LogP contribution in [-0.4, -0.2) is 48.4 Å². The van der Waals surface area contributed by atoms with Crippen molar-refractivity contribution in [1.82, 2.24) is 10.2 Å². The average Bonchev–Trinajstić information content (AvgIpc) is 2.91. The molecule has 2 aliphatic rings. The largest absolute Gasteiger partial charge is 0.371 e. The number of piperidine rings is 1. The van der Waals surface area contributed by atoms with Crippen LogP contribution in [0.3, 0.4) is 0 Å². The first-order chi connectivity index (χ1) is 17.1. The van der Waals surface area contributed by atoms with Gasteiger partial charge in [0, 0.05) is 37.4 Å². The van der Waals surface area contributed by atoms with Gasteiger partial charge in [-0.15, -0.1) is 0 Å². The highest BCUT2D eigenvalue weighted by atomic mass is 16.2. The predicted molar refractivity (Wildman–Crippen MR) is 143 cm³/mol. The van der Waals surface area contributed by atoms with E-state index in [0.29, 0.717) is 6.04 Å². The van der Waals surface area contributed by atoms with Crippen LogP contribution < -0.4 is 10.2 Å². The summed E-state index contributed by atoms with van der Waals surface area (Å²) in [5.74, 6) is 0.185. The molecule has 1 saturated heterocycles. The van der Waals surface area contributed by atoms with Gasteiger partial charge in [-0.1, -0.05) is 68.7 Å². The fourth-order valence-corrected chi connectivity index (χ4v) is 5.87. The summed E-state index contributed by atoms with van der Waals surface area (Å²) < 4.78 is 0. The summed E-state index contributed by atoms with van der Waals surface area (Å²) in [6.07, 6.45) is 8.53. The Morgan fingerprint density at radius 2 is 1.57 bits per heavy atom.